The second-order valence-electron chi connectivity index (χ2n) is 7.21. The SMILES string of the molecule is CCCCCCCSC[C@H](NC(C)C(=O)N1CCC[C@H]1C(=O)O)C(=O)OCC. The van der Waals surface area contributed by atoms with Crippen LogP contribution in [0.15, 0.2) is 0 Å². The number of carbonyl (C=O) groups is 3. The van der Waals surface area contributed by atoms with E-state index >= 15 is 0 Å². The molecular weight excluding hydrogens is 380 g/mol. The summed E-state index contributed by atoms with van der Waals surface area (Å²) in [6.07, 6.45) is 7.18. The van der Waals surface area contributed by atoms with Gasteiger partial charge in [-0.2, -0.15) is 11.8 Å². The topological polar surface area (TPSA) is 95.9 Å². The Bertz CT molecular complexity index is 503. The molecule has 28 heavy (non-hydrogen) atoms. The van der Waals surface area contributed by atoms with E-state index in [0.717, 1.165) is 12.2 Å². The molecule has 0 aromatic carbocycles. The van der Waals surface area contributed by atoms with Crippen molar-refractivity contribution in [1.82, 2.24) is 10.2 Å². The summed E-state index contributed by atoms with van der Waals surface area (Å²) in [5.74, 6) is -0.108. The monoisotopic (exact) mass is 416 g/mol. The second kappa shape index (κ2) is 13.8. The lowest BCUT2D eigenvalue weighted by Crippen LogP contribution is -2.54. The van der Waals surface area contributed by atoms with Crippen molar-refractivity contribution >= 4 is 29.6 Å². The molecule has 1 aliphatic rings. The predicted octanol–water partition coefficient (Wildman–Crippen LogP) is 2.68. The van der Waals surface area contributed by atoms with E-state index in [1.165, 1.54) is 30.6 Å². The minimum atomic E-state index is -0.973. The summed E-state index contributed by atoms with van der Waals surface area (Å²) in [7, 11) is 0. The Kier molecular flexibility index (Phi) is 12.2. The maximum absolute atomic E-state index is 12.7. The molecule has 0 saturated carbocycles. The van der Waals surface area contributed by atoms with Gasteiger partial charge >= 0.3 is 11.9 Å². The molecule has 2 N–H and O–H groups in total. The molecule has 1 saturated heterocycles. The van der Waals surface area contributed by atoms with Gasteiger partial charge in [0.1, 0.15) is 12.1 Å². The van der Waals surface area contributed by atoms with Crippen LogP contribution in [0.4, 0.5) is 0 Å². The Balaban J connectivity index is 2.53. The number of hydrogen-bond donors (Lipinski definition) is 2. The summed E-state index contributed by atoms with van der Waals surface area (Å²) < 4.78 is 5.15. The van der Waals surface area contributed by atoms with Crippen molar-refractivity contribution in [3.63, 3.8) is 0 Å². The molecule has 1 aliphatic heterocycles. The minimum absolute atomic E-state index is 0.274. The number of thioether (sulfide) groups is 1. The van der Waals surface area contributed by atoms with E-state index in [1.54, 1.807) is 25.6 Å². The summed E-state index contributed by atoms with van der Waals surface area (Å²) in [5.41, 5.74) is 0. The fraction of sp³-hybridized carbons (Fsp3) is 0.850. The highest BCUT2D eigenvalue weighted by Gasteiger charge is 2.36. The van der Waals surface area contributed by atoms with Crippen LogP contribution in [-0.2, 0) is 19.1 Å². The predicted molar refractivity (Wildman–Crippen MR) is 111 cm³/mol. The number of nitrogens with one attached hydrogen (secondary N) is 1. The molecule has 1 heterocycles. The quantitative estimate of drug-likeness (QED) is 0.332. The summed E-state index contributed by atoms with van der Waals surface area (Å²) in [4.78, 5) is 37.7. The number of aliphatic carboxylic acids is 1. The highest BCUT2D eigenvalue weighted by Crippen LogP contribution is 2.19. The molecule has 0 radical (unpaired) electrons. The third kappa shape index (κ3) is 8.39. The lowest BCUT2D eigenvalue weighted by Gasteiger charge is -2.27. The van der Waals surface area contributed by atoms with Crippen molar-refractivity contribution in [1.29, 1.82) is 0 Å². The molecule has 1 unspecified atom stereocenters. The maximum atomic E-state index is 12.7. The highest BCUT2D eigenvalue weighted by atomic mass is 32.2. The average Bonchev–Trinajstić information content (AvgIpc) is 3.15. The van der Waals surface area contributed by atoms with Gasteiger partial charge in [0.25, 0.3) is 0 Å². The van der Waals surface area contributed by atoms with Gasteiger partial charge < -0.3 is 14.7 Å². The first-order valence-corrected chi connectivity index (χ1v) is 11.6. The number of amides is 1. The summed E-state index contributed by atoms with van der Waals surface area (Å²) in [5, 5.41) is 12.4. The van der Waals surface area contributed by atoms with Crippen molar-refractivity contribution in [3.05, 3.63) is 0 Å². The average molecular weight is 417 g/mol. The van der Waals surface area contributed by atoms with Crippen molar-refractivity contribution in [2.24, 2.45) is 0 Å². The van der Waals surface area contributed by atoms with Gasteiger partial charge in [0, 0.05) is 12.3 Å². The molecule has 8 heteroatoms. The van der Waals surface area contributed by atoms with Crippen molar-refractivity contribution in [2.45, 2.75) is 83.8 Å². The molecule has 1 fully saturated rings. The molecule has 162 valence electrons. The molecule has 1 amide bonds. The standard InChI is InChI=1S/C20H36N2O5S/c1-4-6-7-8-9-13-28-14-16(20(26)27-5-2)21-15(3)18(23)22-12-10-11-17(22)19(24)25/h15-17,21H,4-14H2,1-3H3,(H,24,25)/t15?,16-,17-/m0/s1. The van der Waals surface area contributed by atoms with Crippen molar-refractivity contribution < 1.29 is 24.2 Å². The van der Waals surface area contributed by atoms with Gasteiger partial charge in [-0.15, -0.1) is 0 Å². The Hall–Kier alpha value is -1.28. The molecule has 0 bridgehead atoms. The third-order valence-electron chi connectivity index (χ3n) is 4.89. The molecule has 0 aliphatic carbocycles. The molecular formula is C20H36N2O5S. The van der Waals surface area contributed by atoms with E-state index in [1.807, 2.05) is 0 Å². The molecule has 7 nitrogen and oxygen atoms in total. The van der Waals surface area contributed by atoms with Gasteiger partial charge in [-0.05, 0) is 38.9 Å². The lowest BCUT2D eigenvalue weighted by atomic mass is 10.2. The van der Waals surface area contributed by atoms with E-state index in [0.29, 0.717) is 25.1 Å². The van der Waals surface area contributed by atoms with Crippen LogP contribution in [0, 0.1) is 0 Å². The van der Waals surface area contributed by atoms with E-state index in [4.69, 9.17) is 4.74 Å². The third-order valence-corrected chi connectivity index (χ3v) is 6.04. The number of carboxylic acids is 1. The van der Waals surface area contributed by atoms with Crippen LogP contribution >= 0.6 is 11.8 Å². The van der Waals surface area contributed by atoms with Crippen LogP contribution in [0.1, 0.15) is 65.7 Å². The Labute approximate surface area is 172 Å². The molecule has 0 aromatic rings. The molecule has 3 atom stereocenters. The number of carbonyl (C=O) groups excluding carboxylic acids is 2. The second-order valence-corrected chi connectivity index (χ2v) is 8.36. The van der Waals surface area contributed by atoms with Gasteiger partial charge in [-0.3, -0.25) is 14.9 Å². The zero-order valence-corrected chi connectivity index (χ0v) is 18.3. The first-order valence-electron chi connectivity index (χ1n) is 10.5. The van der Waals surface area contributed by atoms with E-state index in [-0.39, 0.29) is 18.5 Å². The van der Waals surface area contributed by atoms with Gasteiger partial charge in [-0.25, -0.2) is 4.79 Å². The first kappa shape index (κ1) is 24.8. The number of hydrogen-bond acceptors (Lipinski definition) is 6. The zero-order chi connectivity index (χ0) is 20.9. The van der Waals surface area contributed by atoms with Crippen molar-refractivity contribution in [3.8, 4) is 0 Å². The minimum Gasteiger partial charge on any atom is -0.480 e. The number of rotatable bonds is 14. The Morgan fingerprint density at radius 1 is 1.21 bits per heavy atom. The van der Waals surface area contributed by atoms with Gasteiger partial charge in [0.05, 0.1) is 12.6 Å². The number of nitrogens with zero attached hydrogens (tertiary/aromatic N) is 1. The smallest absolute Gasteiger partial charge is 0.326 e. The molecule has 0 aromatic heterocycles. The van der Waals surface area contributed by atoms with Crippen LogP contribution in [0.5, 0.6) is 0 Å². The Morgan fingerprint density at radius 3 is 2.57 bits per heavy atom. The first-order chi connectivity index (χ1) is 13.4. The van der Waals surface area contributed by atoms with E-state index in [2.05, 4.69) is 12.2 Å². The number of carboxylic acid groups (broad SMARTS) is 1. The van der Waals surface area contributed by atoms with Crippen LogP contribution in [-0.4, -0.2) is 70.6 Å². The van der Waals surface area contributed by atoms with Crippen LogP contribution in [0.2, 0.25) is 0 Å². The van der Waals surface area contributed by atoms with E-state index < -0.39 is 24.1 Å². The summed E-state index contributed by atoms with van der Waals surface area (Å²) in [6.45, 7) is 6.35. The number of unbranched alkanes of at least 4 members (excludes halogenated alkanes) is 4. The van der Waals surface area contributed by atoms with Crippen LogP contribution in [0.3, 0.4) is 0 Å². The number of esters is 1. The van der Waals surface area contributed by atoms with E-state index in [9.17, 15) is 19.5 Å². The molecule has 0 spiro atoms. The highest BCUT2D eigenvalue weighted by molar-refractivity contribution is 7.99. The lowest BCUT2D eigenvalue weighted by molar-refractivity contribution is -0.150. The zero-order valence-electron chi connectivity index (χ0n) is 17.4. The van der Waals surface area contributed by atoms with Crippen LogP contribution in [0.25, 0.3) is 0 Å². The largest absolute Gasteiger partial charge is 0.480 e. The van der Waals surface area contributed by atoms with Gasteiger partial charge in [0.2, 0.25) is 5.91 Å². The van der Waals surface area contributed by atoms with Gasteiger partial charge in [-0.1, -0.05) is 32.6 Å². The normalized spacial score (nSPS) is 18.7. The Morgan fingerprint density at radius 2 is 1.93 bits per heavy atom. The maximum Gasteiger partial charge on any atom is 0.326 e. The van der Waals surface area contributed by atoms with Crippen molar-refractivity contribution in [2.75, 3.05) is 24.7 Å². The fourth-order valence-corrected chi connectivity index (χ4v) is 4.39. The summed E-state index contributed by atoms with van der Waals surface area (Å²) >= 11 is 1.68. The summed E-state index contributed by atoms with van der Waals surface area (Å²) in [6, 6.07) is -1.99. The molecule has 1 rings (SSSR count). The van der Waals surface area contributed by atoms with Crippen LogP contribution < -0.4 is 5.32 Å². The fourth-order valence-electron chi connectivity index (χ4n) is 3.34. The van der Waals surface area contributed by atoms with Gasteiger partial charge in [0.15, 0.2) is 0 Å². The number of ether oxygens (including phenoxy) is 1. The number of likely N-dealkylation sites (tertiary alicyclic amines) is 1.